The van der Waals surface area contributed by atoms with E-state index >= 15 is 0 Å². The van der Waals surface area contributed by atoms with E-state index in [4.69, 9.17) is 0 Å². The van der Waals surface area contributed by atoms with E-state index in [0.717, 1.165) is 11.4 Å². The first-order valence-corrected chi connectivity index (χ1v) is 9.62. The second-order valence-electron chi connectivity index (χ2n) is 5.50. The van der Waals surface area contributed by atoms with E-state index in [1.807, 2.05) is 30.6 Å². The highest BCUT2D eigenvalue weighted by molar-refractivity contribution is 6.75. The van der Waals surface area contributed by atoms with Crippen molar-refractivity contribution in [2.24, 2.45) is 0 Å². The molecule has 2 heterocycles. The third kappa shape index (κ3) is 3.49. The van der Waals surface area contributed by atoms with E-state index in [0.29, 0.717) is 0 Å². The number of aromatic nitrogens is 2. The molecule has 2 aromatic rings. The molecule has 0 fully saturated rings. The number of rotatable bonds is 3. The molecule has 2 aromatic heterocycles. The molecule has 0 saturated carbocycles. The predicted molar refractivity (Wildman–Crippen MR) is 74.5 cm³/mol. The maximum Gasteiger partial charge on any atom is 0.0888 e. The van der Waals surface area contributed by atoms with E-state index in [1.54, 1.807) is 0 Å². The Morgan fingerprint density at radius 2 is 1.71 bits per heavy atom. The van der Waals surface area contributed by atoms with Crippen LogP contribution in [-0.4, -0.2) is 18.0 Å². The highest BCUT2D eigenvalue weighted by atomic mass is 28.3. The first-order valence-electron chi connectivity index (χ1n) is 5.91. The molecule has 0 aliphatic carbocycles. The second kappa shape index (κ2) is 4.80. The van der Waals surface area contributed by atoms with Crippen molar-refractivity contribution < 1.29 is 0 Å². The summed E-state index contributed by atoms with van der Waals surface area (Å²) in [6.07, 6.45) is 3.70. The van der Waals surface area contributed by atoms with Crippen molar-refractivity contribution in [3.63, 3.8) is 0 Å². The number of pyridine rings is 2. The Hall–Kier alpha value is -1.48. The fourth-order valence-corrected chi connectivity index (χ4v) is 3.30. The minimum absolute atomic E-state index is 0.949. The quantitative estimate of drug-likeness (QED) is 0.769. The molecule has 0 N–H and O–H groups in total. The van der Waals surface area contributed by atoms with Crippen LogP contribution in [0.25, 0.3) is 11.4 Å². The van der Waals surface area contributed by atoms with Crippen LogP contribution in [0.15, 0.2) is 42.7 Å². The molecule has 0 aliphatic heterocycles. The van der Waals surface area contributed by atoms with Gasteiger partial charge in [-0.05, 0) is 35.9 Å². The lowest BCUT2D eigenvalue weighted by Gasteiger charge is -2.15. The van der Waals surface area contributed by atoms with Gasteiger partial charge in [-0.3, -0.25) is 9.97 Å². The molecule has 2 nitrogen and oxygen atoms in total. The van der Waals surface area contributed by atoms with Crippen molar-refractivity contribution in [3.05, 3.63) is 48.3 Å². The molecule has 0 atom stereocenters. The lowest BCUT2D eigenvalue weighted by Crippen LogP contribution is -2.23. The monoisotopic (exact) mass is 242 g/mol. The molecule has 17 heavy (non-hydrogen) atoms. The first-order chi connectivity index (χ1) is 8.04. The highest BCUT2D eigenvalue weighted by Gasteiger charge is 2.14. The van der Waals surface area contributed by atoms with Crippen LogP contribution in [0.2, 0.25) is 19.6 Å². The van der Waals surface area contributed by atoms with E-state index in [2.05, 4.69) is 41.7 Å². The lowest BCUT2D eigenvalue weighted by atomic mass is 10.2. The molecule has 0 radical (unpaired) electrons. The SMILES string of the molecule is C[Si](C)(C)Cc1ccnc(-c2ccccn2)c1. The van der Waals surface area contributed by atoms with Crippen LogP contribution in [0.4, 0.5) is 0 Å². The van der Waals surface area contributed by atoms with Gasteiger partial charge >= 0.3 is 0 Å². The molecule has 0 spiro atoms. The van der Waals surface area contributed by atoms with Gasteiger partial charge in [0.15, 0.2) is 0 Å². The summed E-state index contributed by atoms with van der Waals surface area (Å²) in [5, 5.41) is 0. The number of hydrogen-bond donors (Lipinski definition) is 0. The summed E-state index contributed by atoms with van der Waals surface area (Å²) < 4.78 is 0. The topological polar surface area (TPSA) is 25.8 Å². The van der Waals surface area contributed by atoms with Gasteiger partial charge in [-0.2, -0.15) is 0 Å². The van der Waals surface area contributed by atoms with Crippen molar-refractivity contribution in [2.45, 2.75) is 25.7 Å². The Morgan fingerprint density at radius 1 is 0.941 bits per heavy atom. The molecular formula is C14H18N2Si. The smallest absolute Gasteiger partial charge is 0.0888 e. The van der Waals surface area contributed by atoms with Gasteiger partial charge in [-0.1, -0.05) is 25.7 Å². The van der Waals surface area contributed by atoms with Crippen LogP contribution in [0.3, 0.4) is 0 Å². The zero-order chi connectivity index (χ0) is 12.3. The minimum atomic E-state index is -1.07. The van der Waals surface area contributed by atoms with Gasteiger partial charge in [-0.25, -0.2) is 0 Å². The zero-order valence-electron chi connectivity index (χ0n) is 10.6. The van der Waals surface area contributed by atoms with E-state index in [-0.39, 0.29) is 0 Å². The second-order valence-corrected chi connectivity index (χ2v) is 11.0. The molecule has 0 bridgehead atoms. The van der Waals surface area contributed by atoms with E-state index in [9.17, 15) is 0 Å². The summed E-state index contributed by atoms with van der Waals surface area (Å²) in [6, 6.07) is 11.4. The standard InChI is InChI=1S/C14H18N2Si/c1-17(2,3)11-12-7-9-16-14(10-12)13-6-4-5-8-15-13/h4-10H,11H2,1-3H3. The average molecular weight is 242 g/mol. The molecule has 88 valence electrons. The minimum Gasteiger partial charge on any atom is -0.255 e. The maximum atomic E-state index is 4.39. The van der Waals surface area contributed by atoms with Gasteiger partial charge < -0.3 is 0 Å². The molecule has 0 aromatic carbocycles. The fraction of sp³-hybridized carbons (Fsp3) is 0.286. The third-order valence-electron chi connectivity index (χ3n) is 2.49. The van der Waals surface area contributed by atoms with Gasteiger partial charge in [0.25, 0.3) is 0 Å². The Bertz CT molecular complexity index is 489. The van der Waals surface area contributed by atoms with Crippen molar-refractivity contribution in [1.82, 2.24) is 9.97 Å². The molecule has 0 amide bonds. The van der Waals surface area contributed by atoms with E-state index in [1.165, 1.54) is 11.6 Å². The van der Waals surface area contributed by atoms with Gasteiger partial charge in [0, 0.05) is 20.5 Å². The van der Waals surface area contributed by atoms with Crippen LogP contribution in [0.1, 0.15) is 5.56 Å². The summed E-state index contributed by atoms with van der Waals surface area (Å²) in [7, 11) is -1.07. The first kappa shape index (κ1) is 12.0. The molecule has 0 unspecified atom stereocenters. The summed E-state index contributed by atoms with van der Waals surface area (Å²) in [6.45, 7) is 7.15. The molecular weight excluding hydrogens is 224 g/mol. The third-order valence-corrected chi connectivity index (χ3v) is 3.96. The van der Waals surface area contributed by atoms with Gasteiger partial charge in [0.2, 0.25) is 0 Å². The number of hydrogen-bond acceptors (Lipinski definition) is 2. The van der Waals surface area contributed by atoms with Gasteiger partial charge in [0.1, 0.15) is 0 Å². The molecule has 2 rings (SSSR count). The van der Waals surface area contributed by atoms with Crippen molar-refractivity contribution in [3.8, 4) is 11.4 Å². The molecule has 0 saturated heterocycles. The van der Waals surface area contributed by atoms with E-state index < -0.39 is 8.07 Å². The summed E-state index contributed by atoms with van der Waals surface area (Å²) >= 11 is 0. The summed E-state index contributed by atoms with van der Waals surface area (Å²) in [5.74, 6) is 0. The van der Waals surface area contributed by atoms with Crippen molar-refractivity contribution in [2.75, 3.05) is 0 Å². The van der Waals surface area contributed by atoms with Crippen LogP contribution in [0.5, 0.6) is 0 Å². The average Bonchev–Trinajstić information content (AvgIpc) is 2.28. The summed E-state index contributed by atoms with van der Waals surface area (Å²) in [4.78, 5) is 8.73. The Labute approximate surface area is 104 Å². The van der Waals surface area contributed by atoms with Crippen LogP contribution in [0, 0.1) is 0 Å². The van der Waals surface area contributed by atoms with Crippen molar-refractivity contribution >= 4 is 8.07 Å². The molecule has 0 aliphatic rings. The normalized spacial score (nSPS) is 11.5. The fourth-order valence-electron chi connectivity index (χ4n) is 1.85. The van der Waals surface area contributed by atoms with Crippen LogP contribution in [-0.2, 0) is 6.04 Å². The van der Waals surface area contributed by atoms with Crippen LogP contribution >= 0.6 is 0 Å². The predicted octanol–water partition coefficient (Wildman–Crippen LogP) is 3.56. The lowest BCUT2D eigenvalue weighted by molar-refractivity contribution is 1.20. The zero-order valence-corrected chi connectivity index (χ0v) is 11.6. The van der Waals surface area contributed by atoms with Crippen LogP contribution < -0.4 is 0 Å². The Morgan fingerprint density at radius 3 is 2.35 bits per heavy atom. The van der Waals surface area contributed by atoms with Gasteiger partial charge in [0.05, 0.1) is 11.4 Å². The molecule has 3 heteroatoms. The maximum absolute atomic E-state index is 4.39. The summed E-state index contributed by atoms with van der Waals surface area (Å²) in [5.41, 5.74) is 3.30. The Balaban J connectivity index is 2.29. The van der Waals surface area contributed by atoms with Crippen molar-refractivity contribution in [1.29, 1.82) is 0 Å². The van der Waals surface area contributed by atoms with Gasteiger partial charge in [-0.15, -0.1) is 0 Å². The number of nitrogens with zero attached hydrogens (tertiary/aromatic N) is 2. The largest absolute Gasteiger partial charge is 0.255 e. The Kier molecular flexibility index (Phi) is 3.38. The highest BCUT2D eigenvalue weighted by Crippen LogP contribution is 2.17.